The second-order valence-electron chi connectivity index (χ2n) is 8.02. The Morgan fingerprint density at radius 2 is 1.25 bits per heavy atom. The van der Waals surface area contributed by atoms with Gasteiger partial charge in [0.05, 0.1) is 0 Å². The highest BCUT2D eigenvalue weighted by molar-refractivity contribution is 6.62. The molecule has 1 heterocycles. The van der Waals surface area contributed by atoms with Gasteiger partial charge in [-0.3, -0.25) is 0 Å². The van der Waals surface area contributed by atoms with E-state index < -0.39 is 7.12 Å². The van der Waals surface area contributed by atoms with Gasteiger partial charge in [0.15, 0.2) is 0 Å². The molecule has 6 aromatic rings. The third-order valence-electron chi connectivity index (χ3n) is 6.07. The van der Waals surface area contributed by atoms with Crippen LogP contribution in [0.2, 0.25) is 0 Å². The predicted molar refractivity (Wildman–Crippen MR) is 132 cm³/mol. The van der Waals surface area contributed by atoms with Crippen molar-refractivity contribution in [2.45, 2.75) is 0 Å². The maximum absolute atomic E-state index is 9.97. The molecule has 0 spiro atoms. The fourth-order valence-electron chi connectivity index (χ4n) is 4.53. The zero-order chi connectivity index (χ0) is 21.7. The first-order valence-electron chi connectivity index (χ1n) is 10.6. The standard InChI is InChI=1S/C28H19BO3/c30-29(31)25-17-22-9-4-5-12-23(22)27-24-16-21(13-14-26(24)32-28(25)27)20-11-6-10-19(15-20)18-7-2-1-3-8-18/h1-17,30-31H. The summed E-state index contributed by atoms with van der Waals surface area (Å²) in [5.74, 6) is 0. The molecular formula is C28H19BO3. The fraction of sp³-hybridized carbons (Fsp3) is 0. The van der Waals surface area contributed by atoms with Crippen LogP contribution >= 0.6 is 0 Å². The lowest BCUT2D eigenvalue weighted by molar-refractivity contribution is 0.425. The molecule has 5 aromatic carbocycles. The molecule has 152 valence electrons. The van der Waals surface area contributed by atoms with Gasteiger partial charge in [-0.1, -0.05) is 84.9 Å². The Kier molecular flexibility index (Phi) is 4.35. The van der Waals surface area contributed by atoms with Crippen molar-refractivity contribution in [1.82, 2.24) is 0 Å². The van der Waals surface area contributed by atoms with Crippen LogP contribution in [-0.4, -0.2) is 17.2 Å². The predicted octanol–water partition coefficient (Wildman–Crippen LogP) is 5.75. The summed E-state index contributed by atoms with van der Waals surface area (Å²) < 4.78 is 6.12. The topological polar surface area (TPSA) is 53.6 Å². The number of rotatable bonds is 3. The van der Waals surface area contributed by atoms with Gasteiger partial charge >= 0.3 is 7.12 Å². The molecule has 0 saturated heterocycles. The first-order valence-corrected chi connectivity index (χ1v) is 10.6. The van der Waals surface area contributed by atoms with Crippen LogP contribution in [-0.2, 0) is 0 Å². The van der Waals surface area contributed by atoms with Crippen molar-refractivity contribution in [2.24, 2.45) is 0 Å². The molecule has 4 heteroatoms. The van der Waals surface area contributed by atoms with Crippen molar-refractivity contribution in [1.29, 1.82) is 0 Å². The second-order valence-corrected chi connectivity index (χ2v) is 8.02. The second kappa shape index (κ2) is 7.38. The van der Waals surface area contributed by atoms with E-state index in [-0.39, 0.29) is 0 Å². The summed E-state index contributed by atoms with van der Waals surface area (Å²) in [4.78, 5) is 0. The largest absolute Gasteiger partial charge is 0.492 e. The van der Waals surface area contributed by atoms with Crippen molar-refractivity contribution in [2.75, 3.05) is 0 Å². The Balaban J connectivity index is 1.61. The first-order chi connectivity index (χ1) is 15.7. The summed E-state index contributed by atoms with van der Waals surface area (Å²) >= 11 is 0. The summed E-state index contributed by atoms with van der Waals surface area (Å²) in [6.45, 7) is 0. The minimum atomic E-state index is -1.61. The quantitative estimate of drug-likeness (QED) is 0.363. The van der Waals surface area contributed by atoms with Crippen molar-refractivity contribution < 1.29 is 14.5 Å². The molecule has 0 atom stereocenters. The number of fused-ring (bicyclic) bond motifs is 5. The molecular weight excluding hydrogens is 395 g/mol. The molecule has 3 nitrogen and oxygen atoms in total. The third kappa shape index (κ3) is 3.01. The lowest BCUT2D eigenvalue weighted by atomic mass is 9.78. The highest BCUT2D eigenvalue weighted by Crippen LogP contribution is 2.36. The van der Waals surface area contributed by atoms with Crippen molar-refractivity contribution in [3.63, 3.8) is 0 Å². The summed E-state index contributed by atoms with van der Waals surface area (Å²) in [6, 6.07) is 34.7. The smallest absolute Gasteiger partial charge is 0.456 e. The Labute approximate surface area is 185 Å². The molecule has 0 aliphatic rings. The molecule has 32 heavy (non-hydrogen) atoms. The van der Waals surface area contributed by atoms with E-state index in [1.54, 1.807) is 6.07 Å². The van der Waals surface area contributed by atoms with Crippen LogP contribution in [0.15, 0.2) is 108 Å². The minimum absolute atomic E-state index is 0.377. The van der Waals surface area contributed by atoms with E-state index in [2.05, 4.69) is 42.5 Å². The maximum atomic E-state index is 9.97. The molecule has 0 radical (unpaired) electrons. The van der Waals surface area contributed by atoms with Crippen LogP contribution in [0.25, 0.3) is 55.0 Å². The van der Waals surface area contributed by atoms with Crippen LogP contribution < -0.4 is 5.46 Å². The summed E-state index contributed by atoms with van der Waals surface area (Å²) in [5.41, 5.74) is 6.16. The molecule has 0 bridgehead atoms. The van der Waals surface area contributed by atoms with Crippen LogP contribution in [0.1, 0.15) is 0 Å². The Hall–Kier alpha value is -3.86. The van der Waals surface area contributed by atoms with Crippen LogP contribution in [0.4, 0.5) is 0 Å². The van der Waals surface area contributed by atoms with Gasteiger partial charge in [0.1, 0.15) is 11.2 Å². The van der Waals surface area contributed by atoms with Gasteiger partial charge in [-0.25, -0.2) is 0 Å². The van der Waals surface area contributed by atoms with E-state index in [4.69, 9.17) is 4.42 Å². The molecule has 6 rings (SSSR count). The first kappa shape index (κ1) is 18.9. The van der Waals surface area contributed by atoms with Crippen LogP contribution in [0.5, 0.6) is 0 Å². The van der Waals surface area contributed by atoms with Gasteiger partial charge in [-0.05, 0) is 51.2 Å². The summed E-state index contributed by atoms with van der Waals surface area (Å²) in [5, 5.41) is 23.8. The number of hydrogen-bond acceptors (Lipinski definition) is 3. The Morgan fingerprint density at radius 3 is 2.06 bits per heavy atom. The summed E-state index contributed by atoms with van der Waals surface area (Å²) in [6.07, 6.45) is 0. The minimum Gasteiger partial charge on any atom is -0.456 e. The lowest BCUT2D eigenvalue weighted by Gasteiger charge is -2.07. The molecule has 0 aliphatic heterocycles. The number of hydrogen-bond donors (Lipinski definition) is 2. The van der Waals surface area contributed by atoms with E-state index in [9.17, 15) is 10.0 Å². The van der Waals surface area contributed by atoms with Crippen LogP contribution in [0, 0.1) is 0 Å². The normalized spacial score (nSPS) is 11.4. The third-order valence-corrected chi connectivity index (χ3v) is 6.07. The zero-order valence-corrected chi connectivity index (χ0v) is 17.2. The SMILES string of the molecule is OB(O)c1cc2ccccc2c2c1oc1ccc(-c3cccc(-c4ccccc4)c3)cc12. The molecule has 2 N–H and O–H groups in total. The van der Waals surface area contributed by atoms with Gasteiger partial charge in [-0.15, -0.1) is 0 Å². The zero-order valence-electron chi connectivity index (χ0n) is 17.2. The van der Waals surface area contributed by atoms with Gasteiger partial charge in [0.25, 0.3) is 0 Å². The van der Waals surface area contributed by atoms with Gasteiger partial charge in [0.2, 0.25) is 0 Å². The van der Waals surface area contributed by atoms with Crippen molar-refractivity contribution >= 4 is 45.3 Å². The molecule has 1 aromatic heterocycles. The van der Waals surface area contributed by atoms with Gasteiger partial charge in [-0.2, -0.15) is 0 Å². The maximum Gasteiger partial charge on any atom is 0.492 e. The molecule has 0 amide bonds. The summed E-state index contributed by atoms with van der Waals surface area (Å²) in [7, 11) is -1.61. The van der Waals surface area contributed by atoms with Gasteiger partial charge in [0, 0.05) is 16.2 Å². The Morgan fingerprint density at radius 1 is 0.562 bits per heavy atom. The molecule has 0 fully saturated rings. The van der Waals surface area contributed by atoms with E-state index >= 15 is 0 Å². The average molecular weight is 414 g/mol. The lowest BCUT2D eigenvalue weighted by Crippen LogP contribution is -2.30. The molecule has 0 saturated carbocycles. The van der Waals surface area contributed by atoms with E-state index in [1.165, 1.54) is 5.56 Å². The molecule has 0 aliphatic carbocycles. The van der Waals surface area contributed by atoms with Gasteiger partial charge < -0.3 is 14.5 Å². The average Bonchev–Trinajstić information content (AvgIpc) is 3.23. The van der Waals surface area contributed by atoms with Crippen molar-refractivity contribution in [3.05, 3.63) is 103 Å². The van der Waals surface area contributed by atoms with E-state index in [1.807, 2.05) is 54.6 Å². The van der Waals surface area contributed by atoms with E-state index in [0.717, 1.165) is 43.8 Å². The monoisotopic (exact) mass is 414 g/mol. The fourth-order valence-corrected chi connectivity index (χ4v) is 4.53. The molecule has 0 unspecified atom stereocenters. The van der Waals surface area contributed by atoms with Crippen molar-refractivity contribution in [3.8, 4) is 22.3 Å². The highest BCUT2D eigenvalue weighted by atomic mass is 16.4. The van der Waals surface area contributed by atoms with Crippen LogP contribution in [0.3, 0.4) is 0 Å². The number of furan rings is 1. The number of benzene rings is 5. The Bertz CT molecular complexity index is 1600. The van der Waals surface area contributed by atoms with E-state index in [0.29, 0.717) is 11.0 Å². The highest BCUT2D eigenvalue weighted by Gasteiger charge is 2.22.